The summed E-state index contributed by atoms with van der Waals surface area (Å²) in [6.07, 6.45) is 8.47. The molecule has 3 saturated heterocycles. The van der Waals surface area contributed by atoms with Crippen LogP contribution in [0.5, 0.6) is 0 Å². The average Bonchev–Trinajstić information content (AvgIpc) is 3.22. The number of hydrogen-bond donors (Lipinski definition) is 1. The van der Waals surface area contributed by atoms with Gasteiger partial charge in [-0.1, -0.05) is 0 Å². The smallest absolute Gasteiger partial charge is 0.227 e. The number of piperidine rings is 2. The topological polar surface area (TPSA) is 78.6 Å². The third-order valence-electron chi connectivity index (χ3n) is 6.15. The van der Waals surface area contributed by atoms with Gasteiger partial charge in [-0.05, 0) is 51.1 Å². The van der Waals surface area contributed by atoms with E-state index in [2.05, 4.69) is 24.7 Å². The molecular weight excluding hydrogens is 328 g/mol. The molecule has 0 saturated carbocycles. The van der Waals surface area contributed by atoms with Crippen molar-refractivity contribution in [3.63, 3.8) is 0 Å². The molecule has 4 rings (SSSR count). The summed E-state index contributed by atoms with van der Waals surface area (Å²) < 4.78 is 0. The average molecular weight is 358 g/mol. The normalized spacial score (nSPS) is 25.6. The van der Waals surface area contributed by atoms with Crippen LogP contribution in [-0.4, -0.2) is 71.0 Å². The van der Waals surface area contributed by atoms with Gasteiger partial charge in [0, 0.05) is 45.0 Å². The Bertz CT molecular complexity index is 624. The van der Waals surface area contributed by atoms with Crippen molar-refractivity contribution in [1.29, 1.82) is 0 Å². The van der Waals surface area contributed by atoms with Gasteiger partial charge in [-0.15, -0.1) is 0 Å². The van der Waals surface area contributed by atoms with Crippen LogP contribution in [0.15, 0.2) is 12.3 Å². The monoisotopic (exact) mass is 358 g/mol. The largest absolute Gasteiger partial charge is 0.384 e. The summed E-state index contributed by atoms with van der Waals surface area (Å²) in [4.78, 5) is 28.3. The van der Waals surface area contributed by atoms with Gasteiger partial charge >= 0.3 is 0 Å². The zero-order chi connectivity index (χ0) is 17.9. The molecule has 0 radical (unpaired) electrons. The summed E-state index contributed by atoms with van der Waals surface area (Å²) in [7, 11) is 0. The van der Waals surface area contributed by atoms with Gasteiger partial charge in [0.15, 0.2) is 0 Å². The molecule has 142 valence electrons. The molecule has 0 aliphatic carbocycles. The highest BCUT2D eigenvalue weighted by atomic mass is 16.2. The van der Waals surface area contributed by atoms with Crippen LogP contribution in [-0.2, 0) is 4.79 Å². The molecule has 1 aromatic heterocycles. The highest BCUT2D eigenvalue weighted by Gasteiger charge is 2.34. The van der Waals surface area contributed by atoms with E-state index in [-0.39, 0.29) is 5.92 Å². The van der Waals surface area contributed by atoms with E-state index in [1.54, 1.807) is 12.3 Å². The lowest BCUT2D eigenvalue weighted by Gasteiger charge is -2.42. The van der Waals surface area contributed by atoms with Crippen LogP contribution in [0, 0.1) is 5.92 Å². The second kappa shape index (κ2) is 7.78. The van der Waals surface area contributed by atoms with E-state index < -0.39 is 0 Å². The number of carbonyl (C=O) groups is 1. The highest BCUT2D eigenvalue weighted by molar-refractivity contribution is 5.79. The molecule has 1 atom stereocenters. The van der Waals surface area contributed by atoms with Crippen molar-refractivity contribution in [1.82, 2.24) is 19.8 Å². The number of carbonyl (C=O) groups excluding carboxylic acids is 1. The fraction of sp³-hybridized carbons (Fsp3) is 0.737. The Kier molecular flexibility index (Phi) is 5.24. The number of anilines is 2. The molecule has 3 aliphatic rings. The van der Waals surface area contributed by atoms with Gasteiger partial charge in [-0.25, -0.2) is 4.98 Å². The number of aromatic nitrogens is 2. The number of amides is 1. The number of rotatable bonds is 3. The number of likely N-dealkylation sites (tertiary alicyclic amines) is 2. The number of nitrogen functional groups attached to an aromatic ring is 1. The lowest BCUT2D eigenvalue weighted by Crippen LogP contribution is -2.51. The van der Waals surface area contributed by atoms with Crippen LogP contribution in [0.25, 0.3) is 0 Å². The van der Waals surface area contributed by atoms with Crippen molar-refractivity contribution in [2.75, 3.05) is 49.9 Å². The minimum atomic E-state index is 0.206. The van der Waals surface area contributed by atoms with Gasteiger partial charge in [0.25, 0.3) is 0 Å². The van der Waals surface area contributed by atoms with Gasteiger partial charge in [-0.2, -0.15) is 4.98 Å². The molecule has 3 fully saturated rings. The van der Waals surface area contributed by atoms with Crippen LogP contribution in [0.4, 0.5) is 11.8 Å². The third-order valence-corrected chi connectivity index (χ3v) is 6.15. The lowest BCUT2D eigenvalue weighted by atomic mass is 9.93. The van der Waals surface area contributed by atoms with Crippen LogP contribution in [0.1, 0.15) is 38.5 Å². The Hall–Kier alpha value is -1.89. The first kappa shape index (κ1) is 17.5. The maximum absolute atomic E-state index is 12.8. The van der Waals surface area contributed by atoms with Gasteiger partial charge in [0.2, 0.25) is 11.9 Å². The van der Waals surface area contributed by atoms with E-state index in [1.807, 2.05) is 0 Å². The zero-order valence-corrected chi connectivity index (χ0v) is 15.5. The first-order valence-corrected chi connectivity index (χ1v) is 10.1. The molecule has 2 N–H and O–H groups in total. The molecule has 1 aromatic rings. The number of nitrogens with two attached hydrogens (primary N) is 1. The molecule has 7 nitrogen and oxygen atoms in total. The summed E-state index contributed by atoms with van der Waals surface area (Å²) in [5, 5.41) is 0. The van der Waals surface area contributed by atoms with Crippen molar-refractivity contribution in [3.05, 3.63) is 12.3 Å². The van der Waals surface area contributed by atoms with Crippen molar-refractivity contribution < 1.29 is 4.79 Å². The van der Waals surface area contributed by atoms with Crippen molar-refractivity contribution in [3.8, 4) is 0 Å². The minimum Gasteiger partial charge on any atom is -0.384 e. The summed E-state index contributed by atoms with van der Waals surface area (Å²) >= 11 is 0. The standard InChI is InChI=1S/C19H30N6O/c20-17-5-8-21-19(22-17)24-12-6-16(7-13-24)25-11-3-4-15(14-25)18(26)23-9-1-2-10-23/h5,8,15-16H,1-4,6-7,9-14H2,(H2,20,21,22). The summed E-state index contributed by atoms with van der Waals surface area (Å²) in [5.41, 5.74) is 5.78. The van der Waals surface area contributed by atoms with Gasteiger partial charge < -0.3 is 15.5 Å². The fourth-order valence-electron chi connectivity index (χ4n) is 4.68. The van der Waals surface area contributed by atoms with Crippen LogP contribution < -0.4 is 10.6 Å². The summed E-state index contributed by atoms with van der Waals surface area (Å²) in [5.74, 6) is 1.87. The number of hydrogen-bond acceptors (Lipinski definition) is 6. The fourth-order valence-corrected chi connectivity index (χ4v) is 4.68. The van der Waals surface area contributed by atoms with E-state index in [9.17, 15) is 4.79 Å². The Morgan fingerprint density at radius 3 is 2.54 bits per heavy atom. The third kappa shape index (κ3) is 3.77. The zero-order valence-electron chi connectivity index (χ0n) is 15.5. The molecule has 1 unspecified atom stereocenters. The molecule has 1 amide bonds. The first-order chi connectivity index (χ1) is 12.7. The van der Waals surface area contributed by atoms with E-state index in [0.29, 0.717) is 17.8 Å². The summed E-state index contributed by atoms with van der Waals surface area (Å²) in [6.45, 7) is 5.91. The molecule has 0 aromatic carbocycles. The molecule has 7 heteroatoms. The highest BCUT2D eigenvalue weighted by Crippen LogP contribution is 2.27. The van der Waals surface area contributed by atoms with Gasteiger partial charge in [-0.3, -0.25) is 9.69 Å². The Labute approximate surface area is 155 Å². The maximum atomic E-state index is 12.8. The maximum Gasteiger partial charge on any atom is 0.227 e. The number of nitrogens with zero attached hydrogens (tertiary/aromatic N) is 5. The molecule has 26 heavy (non-hydrogen) atoms. The molecule has 4 heterocycles. The second-order valence-corrected chi connectivity index (χ2v) is 7.87. The molecule has 0 spiro atoms. The first-order valence-electron chi connectivity index (χ1n) is 10.1. The Morgan fingerprint density at radius 2 is 1.81 bits per heavy atom. The van der Waals surface area contributed by atoms with Crippen molar-refractivity contribution >= 4 is 17.7 Å². The van der Waals surface area contributed by atoms with Crippen molar-refractivity contribution in [2.24, 2.45) is 5.92 Å². The van der Waals surface area contributed by atoms with Crippen LogP contribution in [0.2, 0.25) is 0 Å². The van der Waals surface area contributed by atoms with Gasteiger partial charge in [0.05, 0.1) is 5.92 Å². The predicted molar refractivity (Wildman–Crippen MR) is 102 cm³/mol. The van der Waals surface area contributed by atoms with E-state index >= 15 is 0 Å². The summed E-state index contributed by atoms with van der Waals surface area (Å²) in [6, 6.07) is 2.29. The predicted octanol–water partition coefficient (Wildman–Crippen LogP) is 1.36. The van der Waals surface area contributed by atoms with E-state index in [1.165, 1.54) is 12.8 Å². The quantitative estimate of drug-likeness (QED) is 0.879. The lowest BCUT2D eigenvalue weighted by molar-refractivity contribution is -0.136. The molecular formula is C19H30N6O. The van der Waals surface area contributed by atoms with E-state index in [4.69, 9.17) is 5.73 Å². The van der Waals surface area contributed by atoms with Gasteiger partial charge in [0.1, 0.15) is 5.82 Å². The molecule has 0 bridgehead atoms. The van der Waals surface area contributed by atoms with Crippen molar-refractivity contribution in [2.45, 2.75) is 44.6 Å². The SMILES string of the molecule is Nc1ccnc(N2CCC(N3CCCC(C(=O)N4CCCC4)C3)CC2)n1. The second-order valence-electron chi connectivity index (χ2n) is 7.87. The van der Waals surface area contributed by atoms with Crippen LogP contribution >= 0.6 is 0 Å². The van der Waals surface area contributed by atoms with E-state index in [0.717, 1.165) is 70.9 Å². The Balaban J connectivity index is 1.31. The molecule has 3 aliphatic heterocycles. The minimum absolute atomic E-state index is 0.206. The Morgan fingerprint density at radius 1 is 1.04 bits per heavy atom. The van der Waals surface area contributed by atoms with Crippen LogP contribution in [0.3, 0.4) is 0 Å².